The Hall–Kier alpha value is -3.01. The maximum absolute atomic E-state index is 12.7. The van der Waals surface area contributed by atoms with E-state index < -0.39 is 5.60 Å². The van der Waals surface area contributed by atoms with Crippen molar-refractivity contribution < 1.29 is 35.9 Å². The summed E-state index contributed by atoms with van der Waals surface area (Å²) in [4.78, 5) is 13.6. The van der Waals surface area contributed by atoms with E-state index in [4.69, 9.17) is 20.5 Å². The number of rotatable bonds is 5. The van der Waals surface area contributed by atoms with Crippen LogP contribution < -0.4 is 15.2 Å². The predicted octanol–water partition coefficient (Wildman–Crippen LogP) is 12.8. The molecule has 0 amide bonds. The van der Waals surface area contributed by atoms with Gasteiger partial charge in [0.15, 0.2) is 5.34 Å². The number of benzene rings is 4. The summed E-state index contributed by atoms with van der Waals surface area (Å²) in [7, 11) is 0. The average Bonchev–Trinajstić information content (AvgIpc) is 2.96. The van der Waals surface area contributed by atoms with Gasteiger partial charge in [0, 0.05) is 18.5 Å². The molecule has 0 saturated carbocycles. The van der Waals surface area contributed by atoms with E-state index in [9.17, 15) is 13.7 Å². The average molecular weight is 885 g/mol. The van der Waals surface area contributed by atoms with Gasteiger partial charge in [-0.25, -0.2) is 8.78 Å². The fourth-order valence-corrected chi connectivity index (χ4v) is 3.03. The van der Waals surface area contributed by atoms with Crippen molar-refractivity contribution in [1.29, 1.82) is 5.26 Å². The van der Waals surface area contributed by atoms with Gasteiger partial charge in [-0.05, 0) is 131 Å². The monoisotopic (exact) mass is 881 g/mol. The molecule has 4 aromatic carbocycles. The molecule has 0 aliphatic carbocycles. The molecule has 0 aliphatic heterocycles. The summed E-state index contributed by atoms with van der Waals surface area (Å²) in [5.41, 5.74) is 8.05. The van der Waals surface area contributed by atoms with Crippen molar-refractivity contribution in [3.63, 3.8) is 0 Å². The van der Waals surface area contributed by atoms with Gasteiger partial charge in [0.1, 0.15) is 40.2 Å². The van der Waals surface area contributed by atoms with Crippen molar-refractivity contribution >= 4 is 49.8 Å². The Morgan fingerprint density at radius 1 is 0.804 bits per heavy atom. The number of nitrogen functional groups attached to an aromatic ring is 1. The number of nitrogens with two attached hydrogens (primary N) is 1. The van der Waals surface area contributed by atoms with Crippen molar-refractivity contribution in [2.75, 3.05) is 5.73 Å². The minimum absolute atomic E-state index is 0. The van der Waals surface area contributed by atoms with Gasteiger partial charge in [0.05, 0.1) is 6.07 Å². The molecule has 7 nitrogen and oxygen atoms in total. The number of hydrogen-bond donors (Lipinski definition) is 1. The Balaban J connectivity index is -0.000000589. The summed E-state index contributed by atoms with van der Waals surface area (Å²) in [5, 5.41) is 9.58. The van der Waals surface area contributed by atoms with Crippen LogP contribution in [-0.2, 0) is 16.2 Å². The van der Waals surface area contributed by atoms with Gasteiger partial charge in [-0.3, -0.25) is 0 Å². The van der Waals surface area contributed by atoms with Crippen LogP contribution in [0.3, 0.4) is 0 Å². The summed E-state index contributed by atoms with van der Waals surface area (Å²) < 4.78 is 37.5. The number of aryl methyl sites for hydroxylation is 2. The van der Waals surface area contributed by atoms with Crippen LogP contribution in [0.2, 0.25) is 0 Å². The van der Waals surface area contributed by atoms with Crippen LogP contribution in [0.15, 0.2) is 94.7 Å². The second kappa shape index (κ2) is 25.1. The van der Waals surface area contributed by atoms with Crippen molar-refractivity contribution in [3.05, 3.63) is 117 Å². The van der Waals surface area contributed by atoms with Gasteiger partial charge >= 0.3 is 39.6 Å². The van der Waals surface area contributed by atoms with Gasteiger partial charge in [-0.2, -0.15) is 5.26 Å². The minimum atomic E-state index is -0.429. The summed E-state index contributed by atoms with van der Waals surface area (Å²) >= 11 is 10.8. The Kier molecular flexibility index (Phi) is 24.6. The Morgan fingerprint density at radius 2 is 1.15 bits per heavy atom. The molecule has 0 unspecified atom stereocenters. The molecule has 0 spiro atoms. The van der Waals surface area contributed by atoms with Crippen molar-refractivity contribution in [3.8, 4) is 29.1 Å². The normalized spacial score (nSPS) is 9.35. The molecule has 0 heterocycles. The second-order valence-corrected chi connectivity index (χ2v) is 15.2. The van der Waals surface area contributed by atoms with E-state index in [-0.39, 0.29) is 20.5 Å². The van der Waals surface area contributed by atoms with E-state index >= 15 is 0 Å². The van der Waals surface area contributed by atoms with Crippen LogP contribution in [-0.4, -0.2) is 5.60 Å². The Bertz CT molecular complexity index is 1380. The van der Waals surface area contributed by atoms with E-state index in [2.05, 4.69) is 54.3 Å². The van der Waals surface area contributed by atoms with Gasteiger partial charge in [0.25, 0.3) is 0 Å². The molecule has 0 radical (unpaired) electrons. The topological polar surface area (TPSA) is 107 Å². The molecule has 46 heavy (non-hydrogen) atoms. The first-order valence-corrected chi connectivity index (χ1v) is 18.3. The third-order valence-corrected chi connectivity index (χ3v) is 5.67. The Labute approximate surface area is 300 Å². The van der Waals surface area contributed by atoms with E-state index in [0.29, 0.717) is 17.2 Å². The second-order valence-electron chi connectivity index (χ2n) is 9.59. The number of halogens is 5. The fourth-order valence-electron chi connectivity index (χ4n) is 2.78. The van der Waals surface area contributed by atoms with Gasteiger partial charge in [0.2, 0.25) is 0 Å². The molecular formula is C33H40Br3CuF2N3O4. The number of nitriles is 1. The van der Waals surface area contributed by atoms with Crippen LogP contribution in [0.25, 0.3) is 0 Å². The molecule has 0 aliphatic rings. The SMILES string of the molecule is C.CC#N.CC(C)(C)ON=O.Cc1cc(Oc2ccc(F)cc2)ccc1Br.Cc1cc(Oc2ccc(F)cc2)ccc1N.[2HH].[Br][Cu][Br]. The van der Waals surface area contributed by atoms with Gasteiger partial charge < -0.3 is 20.0 Å². The van der Waals surface area contributed by atoms with E-state index in [1.807, 2.05) is 38.1 Å². The fraction of sp³-hybridized carbons (Fsp3) is 0.242. The number of anilines is 1. The van der Waals surface area contributed by atoms with Crippen LogP contribution >= 0.6 is 44.2 Å². The van der Waals surface area contributed by atoms with E-state index in [0.717, 1.165) is 27.0 Å². The maximum atomic E-state index is 12.7. The zero-order valence-corrected chi connectivity index (χ0v) is 31.1. The number of ether oxygens (including phenoxy) is 2. The molecular weight excluding hydrogens is 844 g/mol. The molecule has 0 atom stereocenters. The van der Waals surface area contributed by atoms with Crippen LogP contribution in [0.4, 0.5) is 14.5 Å². The molecule has 4 rings (SSSR count). The third kappa shape index (κ3) is 21.7. The van der Waals surface area contributed by atoms with Crippen molar-refractivity contribution in [2.24, 2.45) is 5.34 Å². The number of nitrogens with zero attached hydrogens (tertiary/aromatic N) is 2. The standard InChI is InChI=1S/C13H10BrFO.C13H12FNO.C4H9NO2.C2H3N.CH4.2BrH.Cu.H2/c1-9-8-12(6-7-13(9)14)16-11-4-2-10(15)3-5-11;1-9-8-12(6-7-13(9)15)16-11-4-2-10(14)3-5-11;1-4(2,3)7-5-6;1-2-3;;;;;/h2-8H,1H3;2-8H,15H2,1H3;1-3H3;1H3;1H4;2*1H;;1H/q;;;;;;;+2;/p-2/i;;;;;;;;1+1. The Morgan fingerprint density at radius 3 is 1.46 bits per heavy atom. The summed E-state index contributed by atoms with van der Waals surface area (Å²) in [5.74, 6) is 2.12. The van der Waals surface area contributed by atoms with Crippen LogP contribution in [0.5, 0.6) is 23.0 Å². The predicted molar refractivity (Wildman–Crippen MR) is 192 cm³/mol. The van der Waals surface area contributed by atoms with E-state index in [1.54, 1.807) is 63.2 Å². The summed E-state index contributed by atoms with van der Waals surface area (Å²) in [6, 6.07) is 24.7. The summed E-state index contributed by atoms with van der Waals surface area (Å²) in [6.07, 6.45) is 0. The third-order valence-electron chi connectivity index (χ3n) is 4.78. The molecule has 0 fully saturated rings. The molecule has 2 N–H and O–H groups in total. The number of hydrogen-bond acceptors (Lipinski definition) is 7. The van der Waals surface area contributed by atoms with Crippen LogP contribution in [0, 0.1) is 41.7 Å². The van der Waals surface area contributed by atoms with Crippen molar-refractivity contribution in [1.82, 2.24) is 0 Å². The zero-order valence-electron chi connectivity index (χ0n) is 25.4. The first-order chi connectivity index (χ1) is 21.2. The molecule has 0 saturated heterocycles. The first-order valence-electron chi connectivity index (χ1n) is 12.8. The van der Waals surface area contributed by atoms with E-state index in [1.165, 1.54) is 42.5 Å². The molecule has 4 aromatic rings. The van der Waals surface area contributed by atoms with Crippen molar-refractivity contribution in [2.45, 2.75) is 54.6 Å². The van der Waals surface area contributed by atoms with Gasteiger partial charge in [-0.15, -0.1) is 4.91 Å². The first kappa shape index (κ1) is 45.1. The molecule has 13 heteroatoms. The summed E-state index contributed by atoms with van der Waals surface area (Å²) in [6.45, 7) is 10.6. The van der Waals surface area contributed by atoms with Crippen LogP contribution in [0.1, 0.15) is 47.7 Å². The molecule has 0 bridgehead atoms. The zero-order chi connectivity index (χ0) is 34.4. The molecule has 257 valence electrons. The quantitative estimate of drug-likeness (QED) is 0.0926. The molecule has 0 aromatic heterocycles. The van der Waals surface area contributed by atoms with Gasteiger partial charge in [-0.1, -0.05) is 23.4 Å².